The molecular weight excluding hydrogens is 176 g/mol. The minimum absolute atomic E-state index is 0.0560. The first kappa shape index (κ1) is 10.4. The summed E-state index contributed by atoms with van der Waals surface area (Å²) in [5.74, 6) is 0.876. The van der Waals surface area contributed by atoms with Gasteiger partial charge >= 0.3 is 0 Å². The number of β-amino-alcohol motifs (C(OH)–C–C–N with tert-alkyl or cyclic N) is 1. The van der Waals surface area contributed by atoms with Gasteiger partial charge in [0.25, 0.3) is 0 Å². The lowest BCUT2D eigenvalue weighted by atomic mass is 9.96. The number of hydrogen-bond donors (Lipinski definition) is 2. The Balaban J connectivity index is 1.61. The second-order valence-electron chi connectivity index (χ2n) is 4.74. The van der Waals surface area contributed by atoms with Gasteiger partial charge in [0.2, 0.25) is 0 Å². The SMILES string of the molecule is O[C@H]1CCN(CC[C@@H]2CCCNC2)C1. The Hall–Kier alpha value is -0.120. The number of likely N-dealkylation sites (tertiary alicyclic amines) is 1. The first-order valence-electron chi connectivity index (χ1n) is 5.96. The summed E-state index contributed by atoms with van der Waals surface area (Å²) in [4.78, 5) is 2.40. The molecule has 0 radical (unpaired) electrons. The Morgan fingerprint density at radius 3 is 2.93 bits per heavy atom. The summed E-state index contributed by atoms with van der Waals surface area (Å²) in [5, 5.41) is 12.8. The summed E-state index contributed by atoms with van der Waals surface area (Å²) in [6.45, 7) is 5.60. The highest BCUT2D eigenvalue weighted by molar-refractivity contribution is 4.76. The number of rotatable bonds is 3. The number of hydrogen-bond acceptors (Lipinski definition) is 3. The van der Waals surface area contributed by atoms with Gasteiger partial charge in [-0.3, -0.25) is 0 Å². The molecule has 2 heterocycles. The Kier molecular flexibility index (Phi) is 3.79. The highest BCUT2D eigenvalue weighted by atomic mass is 16.3. The van der Waals surface area contributed by atoms with Gasteiger partial charge in [-0.05, 0) is 51.2 Å². The van der Waals surface area contributed by atoms with Gasteiger partial charge in [-0.15, -0.1) is 0 Å². The van der Waals surface area contributed by atoms with Crippen LogP contribution >= 0.6 is 0 Å². The molecular formula is C11H22N2O. The maximum Gasteiger partial charge on any atom is 0.0679 e. The lowest BCUT2D eigenvalue weighted by molar-refractivity contribution is 0.172. The van der Waals surface area contributed by atoms with E-state index in [0.29, 0.717) is 0 Å². The fraction of sp³-hybridized carbons (Fsp3) is 1.00. The molecule has 2 fully saturated rings. The van der Waals surface area contributed by atoms with Gasteiger partial charge in [-0.25, -0.2) is 0 Å². The third-order valence-electron chi connectivity index (χ3n) is 3.50. The summed E-state index contributed by atoms with van der Waals surface area (Å²) >= 11 is 0. The van der Waals surface area contributed by atoms with Crippen molar-refractivity contribution in [2.75, 3.05) is 32.7 Å². The van der Waals surface area contributed by atoms with Crippen LogP contribution in [0.5, 0.6) is 0 Å². The molecule has 2 atom stereocenters. The van der Waals surface area contributed by atoms with Crippen molar-refractivity contribution >= 4 is 0 Å². The van der Waals surface area contributed by atoms with Gasteiger partial charge in [-0.2, -0.15) is 0 Å². The molecule has 0 saturated carbocycles. The number of aliphatic hydroxyl groups is 1. The number of nitrogens with zero attached hydrogens (tertiary/aromatic N) is 1. The molecule has 0 spiro atoms. The van der Waals surface area contributed by atoms with Crippen molar-refractivity contribution in [2.45, 2.75) is 31.8 Å². The van der Waals surface area contributed by atoms with Crippen molar-refractivity contribution in [3.05, 3.63) is 0 Å². The predicted octanol–water partition coefficient (Wildman–Crippen LogP) is 0.443. The van der Waals surface area contributed by atoms with Crippen LogP contribution in [0.2, 0.25) is 0 Å². The highest BCUT2D eigenvalue weighted by Crippen LogP contribution is 2.16. The van der Waals surface area contributed by atoms with E-state index in [9.17, 15) is 5.11 Å². The van der Waals surface area contributed by atoms with Crippen LogP contribution in [-0.4, -0.2) is 48.8 Å². The Bertz CT molecular complexity index is 164. The van der Waals surface area contributed by atoms with Crippen molar-refractivity contribution in [2.24, 2.45) is 5.92 Å². The van der Waals surface area contributed by atoms with E-state index in [1.54, 1.807) is 0 Å². The molecule has 2 rings (SSSR count). The number of nitrogens with one attached hydrogen (secondary N) is 1. The van der Waals surface area contributed by atoms with E-state index in [0.717, 1.165) is 25.4 Å². The maximum atomic E-state index is 9.38. The van der Waals surface area contributed by atoms with Crippen LogP contribution in [0.4, 0.5) is 0 Å². The molecule has 2 N–H and O–H groups in total. The van der Waals surface area contributed by atoms with Crippen molar-refractivity contribution < 1.29 is 5.11 Å². The average Bonchev–Trinajstić information content (AvgIpc) is 2.63. The van der Waals surface area contributed by atoms with Crippen molar-refractivity contribution in [3.63, 3.8) is 0 Å². The summed E-state index contributed by atoms with van der Waals surface area (Å²) in [6, 6.07) is 0. The van der Waals surface area contributed by atoms with Crippen LogP contribution in [0.1, 0.15) is 25.7 Å². The average molecular weight is 198 g/mol. The van der Waals surface area contributed by atoms with Crippen LogP contribution in [-0.2, 0) is 0 Å². The normalized spacial score (nSPS) is 34.9. The smallest absolute Gasteiger partial charge is 0.0679 e. The standard InChI is InChI=1S/C11H22N2O/c14-11-4-7-13(9-11)6-3-10-2-1-5-12-8-10/h10-12,14H,1-9H2/t10-,11-/m0/s1. The second-order valence-corrected chi connectivity index (χ2v) is 4.74. The lowest BCUT2D eigenvalue weighted by Crippen LogP contribution is -2.32. The Morgan fingerprint density at radius 2 is 2.29 bits per heavy atom. The molecule has 2 aliphatic heterocycles. The molecule has 2 aliphatic rings. The van der Waals surface area contributed by atoms with Crippen LogP contribution < -0.4 is 5.32 Å². The molecule has 0 aliphatic carbocycles. The first-order valence-corrected chi connectivity index (χ1v) is 5.96. The predicted molar refractivity (Wildman–Crippen MR) is 57.3 cm³/mol. The quantitative estimate of drug-likeness (QED) is 0.691. The fourth-order valence-electron chi connectivity index (χ4n) is 2.55. The zero-order valence-electron chi connectivity index (χ0n) is 8.91. The van der Waals surface area contributed by atoms with Crippen molar-refractivity contribution in [3.8, 4) is 0 Å². The van der Waals surface area contributed by atoms with Gasteiger partial charge in [0, 0.05) is 13.1 Å². The van der Waals surface area contributed by atoms with E-state index in [1.165, 1.54) is 38.9 Å². The minimum atomic E-state index is -0.0560. The third kappa shape index (κ3) is 2.94. The van der Waals surface area contributed by atoms with Gasteiger partial charge < -0.3 is 15.3 Å². The molecule has 0 aromatic rings. The zero-order valence-corrected chi connectivity index (χ0v) is 8.91. The van der Waals surface area contributed by atoms with Crippen LogP contribution in [0, 0.1) is 5.92 Å². The molecule has 0 aromatic heterocycles. The van der Waals surface area contributed by atoms with E-state index in [2.05, 4.69) is 10.2 Å². The molecule has 0 aromatic carbocycles. The lowest BCUT2D eigenvalue weighted by Gasteiger charge is -2.25. The summed E-state index contributed by atoms with van der Waals surface area (Å²) in [5.41, 5.74) is 0. The van der Waals surface area contributed by atoms with Crippen LogP contribution in [0.25, 0.3) is 0 Å². The van der Waals surface area contributed by atoms with Crippen molar-refractivity contribution in [1.29, 1.82) is 0 Å². The molecule has 82 valence electrons. The number of piperidine rings is 1. The van der Waals surface area contributed by atoms with E-state index in [4.69, 9.17) is 0 Å². The Labute approximate surface area is 86.5 Å². The largest absolute Gasteiger partial charge is 0.392 e. The molecule has 0 amide bonds. The summed E-state index contributed by atoms with van der Waals surface area (Å²) in [7, 11) is 0. The highest BCUT2D eigenvalue weighted by Gasteiger charge is 2.21. The van der Waals surface area contributed by atoms with E-state index in [1.807, 2.05) is 0 Å². The monoisotopic (exact) mass is 198 g/mol. The molecule has 0 unspecified atom stereocenters. The van der Waals surface area contributed by atoms with Crippen LogP contribution in [0.3, 0.4) is 0 Å². The summed E-state index contributed by atoms with van der Waals surface area (Å²) < 4.78 is 0. The maximum absolute atomic E-state index is 9.38. The Morgan fingerprint density at radius 1 is 1.36 bits per heavy atom. The number of aliphatic hydroxyl groups excluding tert-OH is 1. The van der Waals surface area contributed by atoms with E-state index < -0.39 is 0 Å². The van der Waals surface area contributed by atoms with Gasteiger partial charge in [0.15, 0.2) is 0 Å². The van der Waals surface area contributed by atoms with Gasteiger partial charge in [-0.1, -0.05) is 0 Å². The van der Waals surface area contributed by atoms with Crippen molar-refractivity contribution in [1.82, 2.24) is 10.2 Å². The third-order valence-corrected chi connectivity index (χ3v) is 3.50. The van der Waals surface area contributed by atoms with E-state index >= 15 is 0 Å². The van der Waals surface area contributed by atoms with Gasteiger partial charge in [0.05, 0.1) is 6.10 Å². The molecule has 3 heteroatoms. The minimum Gasteiger partial charge on any atom is -0.392 e. The zero-order chi connectivity index (χ0) is 9.80. The van der Waals surface area contributed by atoms with Gasteiger partial charge in [0.1, 0.15) is 0 Å². The second kappa shape index (κ2) is 5.10. The molecule has 14 heavy (non-hydrogen) atoms. The molecule has 3 nitrogen and oxygen atoms in total. The molecule has 2 saturated heterocycles. The topological polar surface area (TPSA) is 35.5 Å². The summed E-state index contributed by atoms with van der Waals surface area (Å²) in [6.07, 6.45) is 4.96. The van der Waals surface area contributed by atoms with E-state index in [-0.39, 0.29) is 6.10 Å². The fourth-order valence-corrected chi connectivity index (χ4v) is 2.55. The molecule has 0 bridgehead atoms. The van der Waals surface area contributed by atoms with Crippen LogP contribution in [0.15, 0.2) is 0 Å². The first-order chi connectivity index (χ1) is 6.84.